The first kappa shape index (κ1) is 32.6. The molecule has 0 spiro atoms. The van der Waals surface area contributed by atoms with Crippen LogP contribution in [-0.2, 0) is 19.8 Å². The van der Waals surface area contributed by atoms with Gasteiger partial charge in [-0.05, 0) is 90.7 Å². The lowest BCUT2D eigenvalue weighted by Gasteiger charge is -2.14. The Kier molecular flexibility index (Phi) is 11.9. The van der Waals surface area contributed by atoms with Crippen LogP contribution in [0.25, 0.3) is 0 Å². The third-order valence-corrected chi connectivity index (χ3v) is 6.95. The van der Waals surface area contributed by atoms with E-state index in [0.29, 0.717) is 67.3 Å². The average Bonchev–Trinajstić information content (AvgIpc) is 3.11. The van der Waals surface area contributed by atoms with Crippen molar-refractivity contribution in [1.82, 2.24) is 5.43 Å². The maximum absolute atomic E-state index is 12.8. The fourth-order valence-electron chi connectivity index (χ4n) is 4.58. The van der Waals surface area contributed by atoms with Crippen LogP contribution in [0, 0.1) is 0 Å². The lowest BCUT2D eigenvalue weighted by atomic mass is 10.2. The van der Waals surface area contributed by atoms with Gasteiger partial charge >= 0.3 is 0 Å². The van der Waals surface area contributed by atoms with Crippen molar-refractivity contribution in [3.05, 3.63) is 149 Å². The second-order valence-corrected chi connectivity index (χ2v) is 10.4. The van der Waals surface area contributed by atoms with Gasteiger partial charge in [0.2, 0.25) is 0 Å². The number of hydrazone groups is 1. The van der Waals surface area contributed by atoms with Gasteiger partial charge in [-0.2, -0.15) is 5.10 Å². The van der Waals surface area contributed by atoms with Gasteiger partial charge in [0.05, 0.1) is 19.4 Å². The molecule has 0 atom stereocenters. The second-order valence-electron chi connectivity index (χ2n) is 10.4. The third kappa shape index (κ3) is 9.86. The van der Waals surface area contributed by atoms with Gasteiger partial charge in [0.1, 0.15) is 25.6 Å². The molecule has 5 aromatic carbocycles. The normalized spacial score (nSPS) is 10.8. The van der Waals surface area contributed by atoms with Crippen molar-refractivity contribution >= 4 is 12.1 Å². The summed E-state index contributed by atoms with van der Waals surface area (Å²) in [7, 11) is 0. The van der Waals surface area contributed by atoms with E-state index in [1.165, 1.54) is 0 Å². The first-order valence-electron chi connectivity index (χ1n) is 15.5. The summed E-state index contributed by atoms with van der Waals surface area (Å²) in [4.78, 5) is 12.8. The first-order valence-corrected chi connectivity index (χ1v) is 15.5. The van der Waals surface area contributed by atoms with E-state index < -0.39 is 0 Å². The van der Waals surface area contributed by atoms with E-state index in [2.05, 4.69) is 10.5 Å². The molecule has 5 aromatic rings. The molecule has 1 amide bonds. The largest absolute Gasteiger partial charge is 0.490 e. The van der Waals surface area contributed by atoms with Crippen LogP contribution >= 0.6 is 0 Å². The second kappa shape index (κ2) is 17.1. The zero-order valence-corrected chi connectivity index (χ0v) is 26.6. The van der Waals surface area contributed by atoms with E-state index >= 15 is 0 Å². The predicted octanol–water partition coefficient (Wildman–Crippen LogP) is 7.98. The molecule has 0 aliphatic heterocycles. The van der Waals surface area contributed by atoms with Crippen molar-refractivity contribution in [2.75, 3.05) is 13.2 Å². The summed E-state index contributed by atoms with van der Waals surface area (Å²) in [6.45, 7) is 6.02. The van der Waals surface area contributed by atoms with Gasteiger partial charge in [-0.25, -0.2) is 5.43 Å². The van der Waals surface area contributed by atoms with Crippen molar-refractivity contribution in [3.8, 4) is 28.7 Å². The van der Waals surface area contributed by atoms with Gasteiger partial charge in [-0.1, -0.05) is 66.7 Å². The Bertz CT molecular complexity index is 1740. The number of nitrogens with one attached hydrogen (secondary N) is 1. The maximum Gasteiger partial charge on any atom is 0.271 e. The Morgan fingerprint density at radius 3 is 1.72 bits per heavy atom. The number of amides is 1. The number of carbonyl (C=O) groups is 1. The average molecular weight is 631 g/mol. The van der Waals surface area contributed by atoms with Gasteiger partial charge in [0.15, 0.2) is 23.0 Å². The Morgan fingerprint density at radius 2 is 1.13 bits per heavy atom. The molecule has 0 saturated carbocycles. The summed E-state index contributed by atoms with van der Waals surface area (Å²) < 4.78 is 29.5. The molecule has 0 bridgehead atoms. The quantitative estimate of drug-likeness (QED) is 0.0879. The highest BCUT2D eigenvalue weighted by Crippen LogP contribution is 2.31. The van der Waals surface area contributed by atoms with Crippen LogP contribution in [0.5, 0.6) is 28.7 Å². The van der Waals surface area contributed by atoms with E-state index in [4.69, 9.17) is 23.7 Å². The summed E-state index contributed by atoms with van der Waals surface area (Å²) in [5.41, 5.74) is 6.87. The Labute approximate surface area is 275 Å². The number of carbonyl (C=O) groups excluding carboxylic acids is 1. The number of rotatable bonds is 16. The number of hydrogen-bond acceptors (Lipinski definition) is 7. The zero-order chi connectivity index (χ0) is 32.7. The van der Waals surface area contributed by atoms with Crippen molar-refractivity contribution in [1.29, 1.82) is 0 Å². The molecule has 8 heteroatoms. The molecule has 1 N–H and O–H groups in total. The molecule has 0 aliphatic carbocycles. The maximum atomic E-state index is 12.8. The van der Waals surface area contributed by atoms with Crippen LogP contribution in [0.2, 0.25) is 0 Å². The summed E-state index contributed by atoms with van der Waals surface area (Å²) in [5, 5.41) is 4.12. The highest BCUT2D eigenvalue weighted by Gasteiger charge is 2.12. The van der Waals surface area contributed by atoms with Gasteiger partial charge in [0.25, 0.3) is 5.91 Å². The van der Waals surface area contributed by atoms with Crippen LogP contribution < -0.4 is 29.1 Å². The van der Waals surface area contributed by atoms with Crippen molar-refractivity contribution in [2.24, 2.45) is 5.10 Å². The highest BCUT2D eigenvalue weighted by molar-refractivity contribution is 5.95. The Hall–Kier alpha value is -5.76. The number of hydrogen-bond donors (Lipinski definition) is 1. The zero-order valence-electron chi connectivity index (χ0n) is 26.6. The molecule has 0 radical (unpaired) electrons. The van der Waals surface area contributed by atoms with E-state index in [9.17, 15) is 4.79 Å². The van der Waals surface area contributed by atoms with Crippen LogP contribution in [-0.4, -0.2) is 25.3 Å². The van der Waals surface area contributed by atoms with Crippen LogP contribution in [0.3, 0.4) is 0 Å². The molecule has 0 fully saturated rings. The molecule has 5 rings (SSSR count). The SMILES string of the molecule is CCOc1cc(COc2ccc(/C=N/NC(=O)c3ccc(OCc4ccccc4)c(OCC)c3)cc2)ccc1OCc1ccccc1. The predicted molar refractivity (Wildman–Crippen MR) is 183 cm³/mol. The van der Waals surface area contributed by atoms with Crippen molar-refractivity contribution < 1.29 is 28.5 Å². The topological polar surface area (TPSA) is 87.6 Å². The van der Waals surface area contributed by atoms with E-state index in [-0.39, 0.29) is 5.91 Å². The first-order chi connectivity index (χ1) is 23.1. The van der Waals surface area contributed by atoms with E-state index in [1.807, 2.05) is 117 Å². The van der Waals surface area contributed by atoms with E-state index in [0.717, 1.165) is 22.3 Å². The molecular weight excluding hydrogens is 592 g/mol. The Balaban J connectivity index is 1.12. The molecule has 8 nitrogen and oxygen atoms in total. The summed E-state index contributed by atoms with van der Waals surface area (Å²) in [6.07, 6.45) is 1.57. The highest BCUT2D eigenvalue weighted by atomic mass is 16.5. The molecule has 0 unspecified atom stereocenters. The molecule has 0 aromatic heterocycles. The van der Waals surface area contributed by atoms with E-state index in [1.54, 1.807) is 24.4 Å². The number of benzene rings is 5. The number of nitrogens with zero attached hydrogens (tertiary/aromatic N) is 1. The van der Waals surface area contributed by atoms with Crippen molar-refractivity contribution in [2.45, 2.75) is 33.7 Å². The Morgan fingerprint density at radius 1 is 0.574 bits per heavy atom. The summed E-state index contributed by atoms with van der Waals surface area (Å²) >= 11 is 0. The van der Waals surface area contributed by atoms with Crippen LogP contribution in [0.1, 0.15) is 46.5 Å². The van der Waals surface area contributed by atoms with Gasteiger partial charge in [-0.3, -0.25) is 4.79 Å². The standard InChI is InChI=1S/C39H38N2O6/c1-3-43-37-23-32(17-21-35(37)46-26-30-11-7-5-8-12-30)28-45-34-19-15-29(16-20-34)25-40-41-39(42)33-18-22-36(38(24-33)44-4-2)47-27-31-13-9-6-10-14-31/h5-25H,3-4,26-28H2,1-2H3,(H,41,42)/b40-25+. The fourth-order valence-corrected chi connectivity index (χ4v) is 4.58. The molecular formula is C39H38N2O6. The van der Waals surface area contributed by atoms with Crippen molar-refractivity contribution in [3.63, 3.8) is 0 Å². The molecule has 0 heterocycles. The minimum atomic E-state index is -0.361. The monoisotopic (exact) mass is 630 g/mol. The lowest BCUT2D eigenvalue weighted by molar-refractivity contribution is 0.0954. The third-order valence-electron chi connectivity index (χ3n) is 6.95. The molecule has 47 heavy (non-hydrogen) atoms. The van der Waals surface area contributed by atoms with Gasteiger partial charge in [0, 0.05) is 5.56 Å². The lowest BCUT2D eigenvalue weighted by Crippen LogP contribution is -2.17. The molecule has 0 saturated heterocycles. The smallest absolute Gasteiger partial charge is 0.271 e. The summed E-state index contributed by atoms with van der Waals surface area (Å²) in [6, 6.07) is 38.2. The van der Waals surface area contributed by atoms with Crippen LogP contribution in [0.4, 0.5) is 0 Å². The molecule has 240 valence electrons. The van der Waals surface area contributed by atoms with Crippen LogP contribution in [0.15, 0.2) is 126 Å². The minimum absolute atomic E-state index is 0.361. The fraction of sp³-hybridized carbons (Fsp3) is 0.179. The van der Waals surface area contributed by atoms with Gasteiger partial charge in [-0.15, -0.1) is 0 Å². The minimum Gasteiger partial charge on any atom is -0.490 e. The molecule has 0 aliphatic rings. The summed E-state index contributed by atoms with van der Waals surface area (Å²) in [5.74, 6) is 2.77. The van der Waals surface area contributed by atoms with Gasteiger partial charge < -0.3 is 23.7 Å². The number of ether oxygens (including phenoxy) is 5.